The molecule has 0 unspecified atom stereocenters. The van der Waals surface area contributed by atoms with Crippen LogP contribution in [0.4, 0.5) is 0 Å². The molecule has 0 N–H and O–H groups in total. The molecule has 0 atom stereocenters. The summed E-state index contributed by atoms with van der Waals surface area (Å²) in [5, 5.41) is 0. The van der Waals surface area contributed by atoms with Crippen LogP contribution in [-0.4, -0.2) is 13.2 Å². The van der Waals surface area contributed by atoms with E-state index in [1.165, 1.54) is 0 Å². The Morgan fingerprint density at radius 1 is 0.625 bits per heavy atom. The van der Waals surface area contributed by atoms with Crippen LogP contribution in [0.1, 0.15) is 25.7 Å². The molecule has 0 amide bonds. The number of benzene rings is 2. The maximum atomic E-state index is 5.65. The highest BCUT2D eigenvalue weighted by atomic mass is 16.5. The largest absolute Gasteiger partial charge is 0.494 e. The van der Waals surface area contributed by atoms with Gasteiger partial charge in [-0.2, -0.15) is 0 Å². The van der Waals surface area contributed by atoms with E-state index in [0.29, 0.717) is 13.2 Å². The van der Waals surface area contributed by atoms with Crippen molar-refractivity contribution in [3.05, 3.63) is 48.5 Å². The lowest BCUT2D eigenvalue weighted by Crippen LogP contribution is -1.96. The summed E-state index contributed by atoms with van der Waals surface area (Å²) in [4.78, 5) is 0. The summed E-state index contributed by atoms with van der Waals surface area (Å²) in [5.74, 6) is 6.95. The number of unbranched alkanes of at least 4 members (excludes halogenated alkanes) is 2. The van der Waals surface area contributed by atoms with E-state index >= 15 is 0 Å². The molecular weight excluding hydrogens is 296 g/mol. The second-order valence-electron chi connectivity index (χ2n) is 5.36. The zero-order valence-corrected chi connectivity index (χ0v) is 13.8. The van der Waals surface area contributed by atoms with Crippen molar-refractivity contribution >= 4 is 0 Å². The molecule has 2 nitrogen and oxygen atoms in total. The van der Waals surface area contributed by atoms with E-state index in [1.54, 1.807) is 0 Å². The fraction of sp³-hybridized carbons (Fsp3) is 0.273. The van der Waals surface area contributed by atoms with Crippen LogP contribution in [0.2, 0.25) is 0 Å². The Bertz CT molecular complexity index is 621. The number of ether oxygens (including phenoxy) is 2. The minimum atomic E-state index is 0.648. The fourth-order valence-electron chi connectivity index (χ4n) is 2.22. The molecule has 0 aliphatic carbocycles. The van der Waals surface area contributed by atoms with Crippen LogP contribution in [0, 0.1) is 24.7 Å². The van der Waals surface area contributed by atoms with Crippen molar-refractivity contribution in [1.29, 1.82) is 0 Å². The lowest BCUT2D eigenvalue weighted by molar-refractivity contribution is 0.312. The number of rotatable bonds is 9. The molecule has 2 aromatic rings. The summed E-state index contributed by atoms with van der Waals surface area (Å²) in [6, 6.07) is 16.1. The zero-order chi connectivity index (χ0) is 17.0. The van der Waals surface area contributed by atoms with Gasteiger partial charge in [0.05, 0.1) is 13.2 Å². The second-order valence-corrected chi connectivity index (χ2v) is 5.36. The molecule has 24 heavy (non-hydrogen) atoms. The molecule has 0 bridgehead atoms. The van der Waals surface area contributed by atoms with Crippen molar-refractivity contribution in [3.8, 4) is 47.3 Å². The van der Waals surface area contributed by atoms with Crippen molar-refractivity contribution in [2.24, 2.45) is 0 Å². The van der Waals surface area contributed by atoms with Gasteiger partial charge in [0.2, 0.25) is 0 Å². The number of hydrogen-bond acceptors (Lipinski definition) is 2. The Kier molecular flexibility index (Phi) is 7.32. The molecular formula is C22H22O2. The fourth-order valence-corrected chi connectivity index (χ4v) is 2.22. The predicted octanol–water partition coefficient (Wildman–Crippen LogP) is 4.94. The molecule has 0 aliphatic rings. The van der Waals surface area contributed by atoms with Crippen LogP contribution in [0.25, 0.3) is 11.1 Å². The summed E-state index contributed by atoms with van der Waals surface area (Å²) >= 11 is 0. The SMILES string of the molecule is C#CCCCOc1ccc(-c2ccc(OCCCC#C)cc2)cc1. The third-order valence-electron chi connectivity index (χ3n) is 3.51. The summed E-state index contributed by atoms with van der Waals surface area (Å²) in [7, 11) is 0. The third kappa shape index (κ3) is 5.75. The lowest BCUT2D eigenvalue weighted by Gasteiger charge is -2.08. The number of terminal acetylenes is 2. The molecule has 2 rings (SSSR count). The molecule has 0 aromatic heterocycles. The van der Waals surface area contributed by atoms with E-state index in [2.05, 4.69) is 36.1 Å². The molecule has 0 saturated heterocycles. The van der Waals surface area contributed by atoms with Gasteiger partial charge in [0.15, 0.2) is 0 Å². The van der Waals surface area contributed by atoms with Gasteiger partial charge in [0.25, 0.3) is 0 Å². The topological polar surface area (TPSA) is 18.5 Å². The van der Waals surface area contributed by atoms with Crippen LogP contribution in [0.5, 0.6) is 11.5 Å². The van der Waals surface area contributed by atoms with Crippen molar-refractivity contribution in [2.45, 2.75) is 25.7 Å². The first-order valence-electron chi connectivity index (χ1n) is 8.16. The van der Waals surface area contributed by atoms with Crippen molar-refractivity contribution < 1.29 is 9.47 Å². The minimum Gasteiger partial charge on any atom is -0.494 e. The van der Waals surface area contributed by atoms with Crippen LogP contribution in [0.3, 0.4) is 0 Å². The molecule has 0 heterocycles. The zero-order valence-electron chi connectivity index (χ0n) is 13.8. The maximum absolute atomic E-state index is 5.65. The Morgan fingerprint density at radius 2 is 1.00 bits per heavy atom. The molecule has 0 fully saturated rings. The summed E-state index contributed by atoms with van der Waals surface area (Å²) < 4.78 is 11.3. The Balaban J connectivity index is 1.87. The first-order chi connectivity index (χ1) is 11.8. The van der Waals surface area contributed by atoms with Crippen LogP contribution in [-0.2, 0) is 0 Å². The van der Waals surface area contributed by atoms with E-state index in [4.69, 9.17) is 22.3 Å². The van der Waals surface area contributed by atoms with Gasteiger partial charge < -0.3 is 9.47 Å². The van der Waals surface area contributed by atoms with E-state index < -0.39 is 0 Å². The maximum Gasteiger partial charge on any atom is 0.119 e. The Hall–Kier alpha value is -2.84. The van der Waals surface area contributed by atoms with E-state index in [9.17, 15) is 0 Å². The highest BCUT2D eigenvalue weighted by Crippen LogP contribution is 2.24. The smallest absolute Gasteiger partial charge is 0.119 e. The van der Waals surface area contributed by atoms with E-state index in [-0.39, 0.29) is 0 Å². The highest BCUT2D eigenvalue weighted by Gasteiger charge is 2.00. The van der Waals surface area contributed by atoms with Crippen molar-refractivity contribution in [3.63, 3.8) is 0 Å². The van der Waals surface area contributed by atoms with E-state index in [1.807, 2.05) is 24.3 Å². The normalized spacial score (nSPS) is 9.75. The van der Waals surface area contributed by atoms with Gasteiger partial charge in [-0.3, -0.25) is 0 Å². The standard InChI is InChI=1S/C22H22O2/c1-3-5-7-17-23-21-13-9-19(10-14-21)20-11-15-22(16-12-20)24-18-8-6-4-2/h1-2,9-16H,5-8,17-18H2. The second kappa shape index (κ2) is 10.0. The van der Waals surface area contributed by atoms with Gasteiger partial charge in [0, 0.05) is 12.8 Å². The Morgan fingerprint density at radius 3 is 1.33 bits per heavy atom. The van der Waals surface area contributed by atoms with Gasteiger partial charge in [0.1, 0.15) is 11.5 Å². The van der Waals surface area contributed by atoms with Crippen molar-refractivity contribution in [2.75, 3.05) is 13.2 Å². The van der Waals surface area contributed by atoms with Gasteiger partial charge in [-0.15, -0.1) is 24.7 Å². The van der Waals surface area contributed by atoms with E-state index in [0.717, 1.165) is 48.3 Å². The molecule has 2 heteroatoms. The van der Waals surface area contributed by atoms with Crippen LogP contribution in [0.15, 0.2) is 48.5 Å². The van der Waals surface area contributed by atoms with Crippen molar-refractivity contribution in [1.82, 2.24) is 0 Å². The summed E-state index contributed by atoms with van der Waals surface area (Å²) in [6.07, 6.45) is 13.7. The average Bonchev–Trinajstić information content (AvgIpc) is 2.64. The first kappa shape index (κ1) is 17.5. The van der Waals surface area contributed by atoms with Crippen LogP contribution >= 0.6 is 0 Å². The van der Waals surface area contributed by atoms with Gasteiger partial charge in [-0.05, 0) is 48.2 Å². The van der Waals surface area contributed by atoms with Gasteiger partial charge >= 0.3 is 0 Å². The molecule has 2 aromatic carbocycles. The summed E-state index contributed by atoms with van der Waals surface area (Å²) in [6.45, 7) is 1.30. The Labute approximate surface area is 144 Å². The summed E-state index contributed by atoms with van der Waals surface area (Å²) in [5.41, 5.74) is 2.29. The average molecular weight is 318 g/mol. The molecule has 0 aliphatic heterocycles. The first-order valence-corrected chi connectivity index (χ1v) is 8.16. The monoisotopic (exact) mass is 318 g/mol. The lowest BCUT2D eigenvalue weighted by atomic mass is 10.1. The van der Waals surface area contributed by atoms with Gasteiger partial charge in [-0.1, -0.05) is 24.3 Å². The third-order valence-corrected chi connectivity index (χ3v) is 3.51. The molecule has 0 radical (unpaired) electrons. The molecule has 122 valence electrons. The molecule has 0 spiro atoms. The highest BCUT2D eigenvalue weighted by molar-refractivity contribution is 5.64. The van der Waals surface area contributed by atoms with Crippen LogP contribution < -0.4 is 9.47 Å². The van der Waals surface area contributed by atoms with Gasteiger partial charge in [-0.25, -0.2) is 0 Å². The minimum absolute atomic E-state index is 0.648. The predicted molar refractivity (Wildman–Crippen MR) is 99.0 cm³/mol. The number of hydrogen-bond donors (Lipinski definition) is 0. The quantitative estimate of drug-likeness (QED) is 0.482. The molecule has 0 saturated carbocycles.